The molecule has 0 saturated heterocycles. The number of rotatable bonds is 6. The molecule has 0 atom stereocenters. The average molecular weight is 895 g/mol. The molecule has 4 aromatic heterocycles. The number of anilines is 2. The Morgan fingerprint density at radius 2 is 1.04 bits per heavy atom. The molecule has 0 saturated carbocycles. The van der Waals surface area contributed by atoms with E-state index in [2.05, 4.69) is 221 Å². The van der Waals surface area contributed by atoms with Crippen LogP contribution in [-0.4, -0.2) is 4.57 Å². The van der Waals surface area contributed by atoms with Gasteiger partial charge in [-0.2, -0.15) is 0 Å². The topological polar surface area (TPSA) is 56.4 Å². The molecular weight excluding hydrogens is 845 g/mol. The first kappa shape index (κ1) is 41.0. The van der Waals surface area contributed by atoms with Gasteiger partial charge in [0.15, 0.2) is 0 Å². The van der Waals surface area contributed by atoms with Gasteiger partial charge in [0, 0.05) is 66.4 Å². The van der Waals surface area contributed by atoms with Crippen molar-refractivity contribution in [2.45, 2.75) is 52.4 Å². The van der Waals surface area contributed by atoms with E-state index in [0.29, 0.717) is 0 Å². The lowest BCUT2D eigenvalue weighted by Crippen LogP contribution is -2.10. The van der Waals surface area contributed by atoms with Crippen LogP contribution in [-0.2, 0) is 10.8 Å². The summed E-state index contributed by atoms with van der Waals surface area (Å²) >= 11 is 0. The van der Waals surface area contributed by atoms with E-state index in [1.165, 1.54) is 11.1 Å². The Hall–Kier alpha value is -8.28. The summed E-state index contributed by atoms with van der Waals surface area (Å²) in [6, 6.07) is 67.2. The van der Waals surface area contributed by atoms with Gasteiger partial charge in [-0.05, 0) is 99.8 Å². The molecule has 9 aromatic carbocycles. The molecule has 4 heterocycles. The number of nitrogens with zero attached hydrogens (tertiary/aromatic N) is 1. The Labute approximate surface area is 400 Å². The number of benzene rings is 9. The van der Waals surface area contributed by atoms with Crippen molar-refractivity contribution in [2.24, 2.45) is 0 Å². The number of para-hydroxylation sites is 2. The molecule has 1 N–H and O–H groups in total. The average Bonchev–Trinajstić information content (AvgIpc) is 4.12. The zero-order valence-electron chi connectivity index (χ0n) is 39.6. The zero-order valence-corrected chi connectivity index (χ0v) is 39.6. The van der Waals surface area contributed by atoms with Gasteiger partial charge < -0.3 is 23.1 Å². The summed E-state index contributed by atoms with van der Waals surface area (Å²) in [5.74, 6) is 0.854. The summed E-state index contributed by atoms with van der Waals surface area (Å²) in [6.07, 6.45) is 0. The van der Waals surface area contributed by atoms with Crippen LogP contribution in [0.25, 0.3) is 116 Å². The van der Waals surface area contributed by atoms with E-state index in [4.69, 9.17) is 13.3 Å². The first-order valence-electron chi connectivity index (χ1n) is 23.9. The molecule has 0 bridgehead atoms. The van der Waals surface area contributed by atoms with Crippen LogP contribution >= 0.6 is 0 Å². The van der Waals surface area contributed by atoms with Gasteiger partial charge in [0.25, 0.3) is 0 Å². The van der Waals surface area contributed by atoms with Crippen LogP contribution in [0.3, 0.4) is 0 Å². The van der Waals surface area contributed by atoms with Crippen molar-refractivity contribution in [3.63, 3.8) is 0 Å². The van der Waals surface area contributed by atoms with E-state index in [1.54, 1.807) is 0 Å². The molecule has 5 heteroatoms. The predicted octanol–water partition coefficient (Wildman–Crippen LogP) is 18.7. The minimum Gasteiger partial charge on any atom is -0.456 e. The third-order valence-corrected chi connectivity index (χ3v) is 14.1. The Morgan fingerprint density at radius 3 is 1.77 bits per heavy atom. The minimum atomic E-state index is -0.0852. The van der Waals surface area contributed by atoms with Crippen molar-refractivity contribution in [2.75, 3.05) is 5.32 Å². The number of furan rings is 3. The van der Waals surface area contributed by atoms with Gasteiger partial charge in [-0.15, -0.1) is 0 Å². The lowest BCUT2D eigenvalue weighted by molar-refractivity contribution is 0.590. The lowest BCUT2D eigenvalue weighted by Gasteiger charge is -2.20. The van der Waals surface area contributed by atoms with Gasteiger partial charge >= 0.3 is 0 Å². The van der Waals surface area contributed by atoms with Crippen molar-refractivity contribution in [1.82, 2.24) is 4.57 Å². The fourth-order valence-electron chi connectivity index (χ4n) is 10.6. The summed E-state index contributed by atoms with van der Waals surface area (Å²) in [6.45, 7) is 13.6. The van der Waals surface area contributed by atoms with Crippen molar-refractivity contribution in [1.29, 1.82) is 0 Å². The first-order valence-corrected chi connectivity index (χ1v) is 23.9. The maximum Gasteiger partial charge on any atom is 0.146 e. The number of hydrogen-bond donors (Lipinski definition) is 1. The number of fused-ring (bicyclic) bond motifs is 11. The van der Waals surface area contributed by atoms with Crippen molar-refractivity contribution < 1.29 is 13.3 Å². The van der Waals surface area contributed by atoms with Crippen LogP contribution in [0, 0.1) is 0 Å². The van der Waals surface area contributed by atoms with Crippen LogP contribution in [0.2, 0.25) is 0 Å². The molecule has 13 rings (SSSR count). The normalized spacial score (nSPS) is 12.5. The molecule has 0 aliphatic heterocycles. The molecule has 334 valence electrons. The standard InChI is InChI=1S/C64H50N2O3/c1-63(2,3)40-25-28-42(29-26-40)65-51-37-57-47(44-21-13-15-23-54(44)67-57)35-46(51)48-36-53-60(62-59(48)45-22-14-16-24-55(45)69-62)49-33-41(64(4,5)6)27-31-52(49)66(53)43-30-32-56-50(34-43)58(38-17-9-7-10-18-38)61(68-56)39-19-11-8-12-20-39/h7-37,65H,1-6H3. The van der Waals surface area contributed by atoms with E-state index in [1.807, 2.05) is 18.2 Å². The Morgan fingerprint density at radius 1 is 0.406 bits per heavy atom. The quantitative estimate of drug-likeness (QED) is 0.181. The Kier molecular flexibility index (Phi) is 8.97. The van der Waals surface area contributed by atoms with Crippen molar-refractivity contribution in [3.05, 3.63) is 199 Å². The molecule has 0 aliphatic carbocycles. The SMILES string of the molecule is CC(C)(C)c1ccc(Nc2cc3oc4ccccc4c3cc2-c2cc3c(c4cc(C(C)(C)C)ccc4n3-c3ccc4oc(-c5ccccc5)c(-c5ccccc5)c4c3)c3oc4ccccc4c23)cc1. The third kappa shape index (κ3) is 6.59. The maximum absolute atomic E-state index is 7.19. The highest BCUT2D eigenvalue weighted by Gasteiger charge is 2.27. The van der Waals surface area contributed by atoms with Gasteiger partial charge in [0.05, 0.1) is 22.1 Å². The maximum atomic E-state index is 7.19. The minimum absolute atomic E-state index is 0.0295. The van der Waals surface area contributed by atoms with Crippen molar-refractivity contribution in [3.8, 4) is 39.3 Å². The molecule has 0 amide bonds. The summed E-state index contributed by atoms with van der Waals surface area (Å²) in [7, 11) is 0. The second kappa shape index (κ2) is 15.1. The largest absolute Gasteiger partial charge is 0.456 e. The molecule has 0 unspecified atom stereocenters. The smallest absolute Gasteiger partial charge is 0.146 e. The van der Waals surface area contributed by atoms with E-state index in [9.17, 15) is 0 Å². The fraction of sp³-hybridized carbons (Fsp3) is 0.125. The molecule has 0 spiro atoms. The highest BCUT2D eigenvalue weighted by Crippen LogP contribution is 2.50. The van der Waals surface area contributed by atoms with Gasteiger partial charge in [-0.25, -0.2) is 0 Å². The van der Waals surface area contributed by atoms with Crippen LogP contribution in [0.1, 0.15) is 52.7 Å². The number of nitrogens with one attached hydrogen (secondary N) is 1. The highest BCUT2D eigenvalue weighted by atomic mass is 16.3. The second-order valence-electron chi connectivity index (χ2n) is 20.6. The lowest BCUT2D eigenvalue weighted by atomic mass is 9.86. The second-order valence-corrected chi connectivity index (χ2v) is 20.6. The number of hydrogen-bond acceptors (Lipinski definition) is 4. The summed E-state index contributed by atoms with van der Waals surface area (Å²) < 4.78 is 23.0. The molecule has 13 aromatic rings. The molecular formula is C64H50N2O3. The summed E-state index contributed by atoms with van der Waals surface area (Å²) in [5, 5.41) is 11.4. The Balaban J connectivity index is 1.15. The zero-order chi connectivity index (χ0) is 46.8. The number of aromatic nitrogens is 1. The van der Waals surface area contributed by atoms with Crippen molar-refractivity contribution >= 4 is 88.0 Å². The van der Waals surface area contributed by atoms with Gasteiger partial charge in [0.2, 0.25) is 0 Å². The molecule has 0 radical (unpaired) electrons. The van der Waals surface area contributed by atoms with Crippen LogP contribution in [0.5, 0.6) is 0 Å². The monoisotopic (exact) mass is 894 g/mol. The first-order chi connectivity index (χ1) is 33.5. The third-order valence-electron chi connectivity index (χ3n) is 14.1. The molecule has 5 nitrogen and oxygen atoms in total. The van der Waals surface area contributed by atoms with E-state index in [0.717, 1.165) is 127 Å². The van der Waals surface area contributed by atoms with E-state index < -0.39 is 0 Å². The highest BCUT2D eigenvalue weighted by molar-refractivity contribution is 6.28. The summed E-state index contributed by atoms with van der Waals surface area (Å²) in [5.41, 5.74) is 17.1. The molecule has 0 fully saturated rings. The van der Waals surface area contributed by atoms with E-state index in [-0.39, 0.29) is 10.8 Å². The summed E-state index contributed by atoms with van der Waals surface area (Å²) in [4.78, 5) is 0. The Bertz CT molecular complexity index is 4150. The predicted molar refractivity (Wildman–Crippen MR) is 289 cm³/mol. The van der Waals surface area contributed by atoms with E-state index >= 15 is 0 Å². The van der Waals surface area contributed by atoms with Gasteiger partial charge in [0.1, 0.15) is 33.7 Å². The molecule has 0 aliphatic rings. The van der Waals surface area contributed by atoms with Crippen LogP contribution < -0.4 is 5.32 Å². The van der Waals surface area contributed by atoms with Crippen LogP contribution in [0.15, 0.2) is 201 Å². The van der Waals surface area contributed by atoms with Gasteiger partial charge in [-0.3, -0.25) is 0 Å². The van der Waals surface area contributed by atoms with Crippen LogP contribution in [0.4, 0.5) is 11.4 Å². The van der Waals surface area contributed by atoms with Gasteiger partial charge in [-0.1, -0.05) is 157 Å². The molecule has 69 heavy (non-hydrogen) atoms. The fourth-order valence-corrected chi connectivity index (χ4v) is 10.6.